The third-order valence-corrected chi connectivity index (χ3v) is 6.81. The second-order valence-electron chi connectivity index (χ2n) is 8.50. The topological polar surface area (TPSA) is 70.4 Å². The lowest BCUT2D eigenvalue weighted by Gasteiger charge is -2.43. The van der Waals surface area contributed by atoms with E-state index in [4.69, 9.17) is 0 Å². The van der Waals surface area contributed by atoms with Gasteiger partial charge in [-0.2, -0.15) is 5.10 Å². The lowest BCUT2D eigenvalue weighted by atomic mass is 9.91. The highest BCUT2D eigenvalue weighted by Gasteiger charge is 2.31. The summed E-state index contributed by atoms with van der Waals surface area (Å²) in [6.07, 6.45) is 6.57. The van der Waals surface area contributed by atoms with Crippen LogP contribution in [-0.4, -0.2) is 74.2 Å². The molecule has 0 N–H and O–H groups in total. The molecule has 0 unspecified atom stereocenters. The molecule has 2 aromatic heterocycles. The number of aromatic nitrogens is 4. The number of amides is 1. The highest BCUT2D eigenvalue weighted by atomic mass is 16.2. The molecule has 3 aliphatic rings. The van der Waals surface area contributed by atoms with Gasteiger partial charge in [-0.15, -0.1) is 0 Å². The summed E-state index contributed by atoms with van der Waals surface area (Å²) < 4.78 is 1.74. The summed E-state index contributed by atoms with van der Waals surface area (Å²) in [6, 6.07) is 2.66. The van der Waals surface area contributed by atoms with E-state index in [0.29, 0.717) is 18.8 Å². The van der Waals surface area contributed by atoms with Crippen molar-refractivity contribution >= 4 is 11.7 Å². The molecule has 2 aliphatic heterocycles. The number of carbonyl (C=O) groups excluding carboxylic acids is 1. The van der Waals surface area contributed by atoms with Gasteiger partial charge in [0.2, 0.25) is 0 Å². The van der Waals surface area contributed by atoms with Crippen LogP contribution < -0.4 is 4.90 Å². The third-order valence-electron chi connectivity index (χ3n) is 6.81. The summed E-state index contributed by atoms with van der Waals surface area (Å²) in [6.45, 7) is 7.45. The maximum atomic E-state index is 12.9. The summed E-state index contributed by atoms with van der Waals surface area (Å²) in [7, 11) is 1.86. The van der Waals surface area contributed by atoms with E-state index in [1.165, 1.54) is 24.8 Å². The highest BCUT2D eigenvalue weighted by molar-refractivity contribution is 5.92. The summed E-state index contributed by atoms with van der Waals surface area (Å²) in [5.41, 5.74) is 3.68. The van der Waals surface area contributed by atoms with Crippen molar-refractivity contribution in [3.8, 4) is 0 Å². The number of fused-ring (bicyclic) bond motifs is 1. The van der Waals surface area contributed by atoms with Gasteiger partial charge < -0.3 is 9.80 Å². The average Bonchev–Trinajstić information content (AvgIpc) is 3.04. The molecule has 0 aromatic carbocycles. The fourth-order valence-electron chi connectivity index (χ4n) is 4.66. The molecule has 2 fully saturated rings. The Bertz CT molecular complexity index is 892. The van der Waals surface area contributed by atoms with E-state index in [1.807, 2.05) is 24.9 Å². The van der Waals surface area contributed by atoms with Gasteiger partial charge in [-0.25, -0.2) is 9.97 Å². The van der Waals surface area contributed by atoms with Gasteiger partial charge in [0.15, 0.2) is 5.69 Å². The van der Waals surface area contributed by atoms with Gasteiger partial charge in [0.25, 0.3) is 5.91 Å². The molecule has 1 amide bonds. The number of hydrogen-bond acceptors (Lipinski definition) is 6. The second-order valence-corrected chi connectivity index (χ2v) is 8.50. The Labute approximate surface area is 171 Å². The van der Waals surface area contributed by atoms with Crippen LogP contribution in [0.15, 0.2) is 12.4 Å². The predicted octanol–water partition coefficient (Wildman–Crippen LogP) is 1.39. The molecule has 0 bridgehead atoms. The molecule has 29 heavy (non-hydrogen) atoms. The molecule has 1 saturated heterocycles. The third kappa shape index (κ3) is 3.39. The summed E-state index contributed by atoms with van der Waals surface area (Å²) in [4.78, 5) is 29.0. The zero-order valence-electron chi connectivity index (χ0n) is 17.3. The van der Waals surface area contributed by atoms with Crippen molar-refractivity contribution in [1.82, 2.24) is 29.5 Å². The standard InChI is InChI=1S/C21H29N7O/c1-15-12-18(24-25(15)2)21(29)28-7-6-17-19(13-28)22-14-23-20(17)27-10-8-26(9-11-27)16-4-3-5-16/h12,14,16H,3-11,13H2,1-2H3. The maximum Gasteiger partial charge on any atom is 0.274 e. The Morgan fingerprint density at radius 3 is 2.55 bits per heavy atom. The normalized spacial score (nSPS) is 20.5. The number of aryl methyl sites for hydroxylation is 2. The van der Waals surface area contributed by atoms with Gasteiger partial charge in [-0.3, -0.25) is 14.4 Å². The molecular weight excluding hydrogens is 366 g/mol. The van der Waals surface area contributed by atoms with E-state index in [9.17, 15) is 4.79 Å². The van der Waals surface area contributed by atoms with Crippen molar-refractivity contribution in [2.45, 2.75) is 45.2 Å². The summed E-state index contributed by atoms with van der Waals surface area (Å²) >= 11 is 0. The summed E-state index contributed by atoms with van der Waals surface area (Å²) in [5.74, 6) is 1.05. The largest absolute Gasteiger partial charge is 0.354 e. The smallest absolute Gasteiger partial charge is 0.274 e. The van der Waals surface area contributed by atoms with Crippen LogP contribution >= 0.6 is 0 Å². The predicted molar refractivity (Wildman–Crippen MR) is 110 cm³/mol. The van der Waals surface area contributed by atoms with E-state index >= 15 is 0 Å². The molecule has 2 aromatic rings. The minimum absolute atomic E-state index is 0.0198. The van der Waals surface area contributed by atoms with Crippen LogP contribution in [0.3, 0.4) is 0 Å². The van der Waals surface area contributed by atoms with E-state index in [1.54, 1.807) is 11.0 Å². The molecule has 0 atom stereocenters. The first-order chi connectivity index (χ1) is 14.1. The molecule has 8 heteroatoms. The number of hydrogen-bond donors (Lipinski definition) is 0. The van der Waals surface area contributed by atoms with Crippen molar-refractivity contribution in [2.75, 3.05) is 37.6 Å². The van der Waals surface area contributed by atoms with Crippen molar-refractivity contribution in [1.29, 1.82) is 0 Å². The maximum absolute atomic E-state index is 12.9. The highest BCUT2D eigenvalue weighted by Crippen LogP contribution is 2.29. The van der Waals surface area contributed by atoms with Crippen LogP contribution in [0.5, 0.6) is 0 Å². The number of piperazine rings is 1. The molecule has 0 spiro atoms. The Morgan fingerprint density at radius 2 is 1.90 bits per heavy atom. The zero-order valence-corrected chi connectivity index (χ0v) is 17.3. The van der Waals surface area contributed by atoms with E-state index in [2.05, 4.69) is 24.9 Å². The van der Waals surface area contributed by atoms with Crippen LogP contribution in [0.4, 0.5) is 5.82 Å². The molecule has 5 rings (SSSR count). The number of carbonyl (C=O) groups is 1. The fraction of sp³-hybridized carbons (Fsp3) is 0.619. The molecule has 1 saturated carbocycles. The van der Waals surface area contributed by atoms with Gasteiger partial charge in [0.1, 0.15) is 12.1 Å². The van der Waals surface area contributed by atoms with Crippen molar-refractivity contribution in [3.05, 3.63) is 35.0 Å². The van der Waals surface area contributed by atoms with Crippen LogP contribution in [-0.2, 0) is 20.0 Å². The average molecular weight is 396 g/mol. The molecule has 1 aliphatic carbocycles. The first-order valence-corrected chi connectivity index (χ1v) is 10.7. The van der Waals surface area contributed by atoms with Crippen LogP contribution in [0.25, 0.3) is 0 Å². The Kier molecular flexibility index (Phi) is 4.73. The van der Waals surface area contributed by atoms with Crippen LogP contribution in [0.1, 0.15) is 46.7 Å². The van der Waals surface area contributed by atoms with E-state index in [0.717, 1.165) is 55.8 Å². The molecular formula is C21H29N7O. The summed E-state index contributed by atoms with van der Waals surface area (Å²) in [5, 5.41) is 4.35. The van der Waals surface area contributed by atoms with Gasteiger partial charge in [0.05, 0.1) is 12.2 Å². The number of nitrogens with zero attached hydrogens (tertiary/aromatic N) is 7. The Balaban J connectivity index is 1.29. The molecule has 8 nitrogen and oxygen atoms in total. The Hall–Kier alpha value is -2.48. The number of anilines is 1. The molecule has 154 valence electrons. The monoisotopic (exact) mass is 395 g/mol. The minimum atomic E-state index is -0.0198. The van der Waals surface area contributed by atoms with E-state index < -0.39 is 0 Å². The van der Waals surface area contributed by atoms with Crippen molar-refractivity contribution in [2.24, 2.45) is 7.05 Å². The van der Waals surface area contributed by atoms with Crippen LogP contribution in [0.2, 0.25) is 0 Å². The molecule has 4 heterocycles. The fourth-order valence-corrected chi connectivity index (χ4v) is 4.66. The van der Waals surface area contributed by atoms with Gasteiger partial charge in [-0.1, -0.05) is 6.42 Å². The lowest BCUT2D eigenvalue weighted by molar-refractivity contribution is 0.0725. The van der Waals surface area contributed by atoms with E-state index in [-0.39, 0.29) is 5.91 Å². The SMILES string of the molecule is Cc1cc(C(=O)N2CCc3c(ncnc3N3CCN(C4CCC4)CC3)C2)nn1C. The zero-order chi connectivity index (χ0) is 20.0. The first kappa shape index (κ1) is 18.5. The second kappa shape index (κ2) is 7.40. The Morgan fingerprint density at radius 1 is 1.10 bits per heavy atom. The van der Waals surface area contributed by atoms with Crippen molar-refractivity contribution in [3.63, 3.8) is 0 Å². The van der Waals surface area contributed by atoms with Gasteiger partial charge in [-0.05, 0) is 32.3 Å². The first-order valence-electron chi connectivity index (χ1n) is 10.7. The quantitative estimate of drug-likeness (QED) is 0.782. The lowest BCUT2D eigenvalue weighted by Crippen LogP contribution is -2.52. The van der Waals surface area contributed by atoms with Gasteiger partial charge in [0, 0.05) is 57.1 Å². The van der Waals surface area contributed by atoms with Crippen LogP contribution in [0, 0.1) is 6.92 Å². The van der Waals surface area contributed by atoms with Gasteiger partial charge >= 0.3 is 0 Å². The minimum Gasteiger partial charge on any atom is -0.354 e. The number of rotatable bonds is 3. The molecule has 0 radical (unpaired) electrons. The van der Waals surface area contributed by atoms with Crippen molar-refractivity contribution < 1.29 is 4.79 Å².